The van der Waals surface area contributed by atoms with Crippen LogP contribution in [0.15, 0.2) is 59.9 Å². The maximum absolute atomic E-state index is 12.5. The molecule has 5 nitrogen and oxygen atoms in total. The van der Waals surface area contributed by atoms with Crippen molar-refractivity contribution in [3.63, 3.8) is 0 Å². The van der Waals surface area contributed by atoms with Gasteiger partial charge in [0, 0.05) is 24.8 Å². The van der Waals surface area contributed by atoms with Crippen molar-refractivity contribution < 1.29 is 0 Å². The van der Waals surface area contributed by atoms with E-state index in [4.69, 9.17) is 0 Å². The Balaban J connectivity index is 1.78. The summed E-state index contributed by atoms with van der Waals surface area (Å²) in [7, 11) is 0. The highest BCUT2D eigenvalue weighted by molar-refractivity contribution is 5.76. The summed E-state index contributed by atoms with van der Waals surface area (Å²) in [6.45, 7) is 2.49. The molecule has 4 rings (SSSR count). The first-order chi connectivity index (χ1) is 10.7. The summed E-state index contributed by atoms with van der Waals surface area (Å²) in [4.78, 5) is 21.3. The van der Waals surface area contributed by atoms with Crippen molar-refractivity contribution >= 4 is 16.6 Å². The van der Waals surface area contributed by atoms with Gasteiger partial charge in [-0.25, -0.2) is 4.98 Å². The number of aromatic nitrogens is 4. The van der Waals surface area contributed by atoms with Gasteiger partial charge in [0.25, 0.3) is 5.56 Å². The van der Waals surface area contributed by atoms with E-state index in [1.54, 1.807) is 29.1 Å². The van der Waals surface area contributed by atoms with E-state index in [1.165, 1.54) is 5.56 Å². The van der Waals surface area contributed by atoms with E-state index >= 15 is 0 Å². The molecule has 0 aliphatic heterocycles. The Morgan fingerprint density at radius 3 is 3.00 bits per heavy atom. The third-order valence-electron chi connectivity index (χ3n) is 3.74. The Morgan fingerprint density at radius 1 is 1.18 bits per heavy atom. The average molecular weight is 290 g/mol. The fraction of sp³-hybridized carbons (Fsp3) is 0.118. The minimum Gasteiger partial charge on any atom is -0.309 e. The van der Waals surface area contributed by atoms with Crippen molar-refractivity contribution in [3.05, 3.63) is 76.7 Å². The van der Waals surface area contributed by atoms with E-state index in [1.807, 2.05) is 41.9 Å². The van der Waals surface area contributed by atoms with Gasteiger partial charge >= 0.3 is 0 Å². The highest BCUT2D eigenvalue weighted by atomic mass is 16.1. The van der Waals surface area contributed by atoms with Crippen molar-refractivity contribution in [3.8, 4) is 0 Å². The molecule has 4 aromatic rings. The molecule has 0 aromatic carbocycles. The lowest BCUT2D eigenvalue weighted by Crippen LogP contribution is -2.20. The molecule has 4 aromatic heterocycles. The fourth-order valence-electron chi connectivity index (χ4n) is 2.63. The minimum absolute atomic E-state index is 0.0427. The van der Waals surface area contributed by atoms with Crippen LogP contribution in [-0.2, 0) is 6.54 Å². The summed E-state index contributed by atoms with van der Waals surface area (Å²) in [6, 6.07) is 9.50. The smallest absolute Gasteiger partial charge is 0.260 e. The molecule has 0 saturated carbocycles. The van der Waals surface area contributed by atoms with Gasteiger partial charge in [-0.1, -0.05) is 0 Å². The fourth-order valence-corrected chi connectivity index (χ4v) is 2.63. The molecule has 0 bridgehead atoms. The van der Waals surface area contributed by atoms with Crippen molar-refractivity contribution in [2.75, 3.05) is 0 Å². The summed E-state index contributed by atoms with van der Waals surface area (Å²) in [5.41, 5.74) is 3.59. The number of pyridine rings is 3. The molecule has 0 unspecified atom stereocenters. The van der Waals surface area contributed by atoms with Crippen LogP contribution in [0.3, 0.4) is 0 Å². The molecule has 0 saturated heterocycles. The minimum atomic E-state index is -0.0427. The van der Waals surface area contributed by atoms with Crippen LogP contribution >= 0.6 is 0 Å². The predicted octanol–water partition coefficient (Wildman–Crippen LogP) is 2.40. The number of imidazole rings is 1. The zero-order valence-corrected chi connectivity index (χ0v) is 12.1. The van der Waals surface area contributed by atoms with Gasteiger partial charge in [0.2, 0.25) is 0 Å². The number of rotatable bonds is 2. The van der Waals surface area contributed by atoms with E-state index in [9.17, 15) is 4.79 Å². The van der Waals surface area contributed by atoms with Gasteiger partial charge < -0.3 is 8.97 Å². The lowest BCUT2D eigenvalue weighted by molar-refractivity contribution is 0.751. The molecule has 0 aliphatic rings. The van der Waals surface area contributed by atoms with Crippen LogP contribution in [0.5, 0.6) is 0 Å². The van der Waals surface area contributed by atoms with Crippen LogP contribution in [0.4, 0.5) is 0 Å². The van der Waals surface area contributed by atoms with Crippen LogP contribution in [0, 0.1) is 6.92 Å². The lowest BCUT2D eigenvalue weighted by atomic mass is 10.2. The van der Waals surface area contributed by atoms with E-state index in [0.717, 1.165) is 16.9 Å². The summed E-state index contributed by atoms with van der Waals surface area (Å²) in [5.74, 6) is 0. The van der Waals surface area contributed by atoms with Crippen molar-refractivity contribution in [1.82, 2.24) is 18.9 Å². The standard InChI is InChI=1S/C17H14N4O/c1-12-4-7-20-10-13(19-16(20)9-12)11-21-8-5-15-14(17(21)22)3-2-6-18-15/h2-10H,11H2,1H3. The summed E-state index contributed by atoms with van der Waals surface area (Å²) >= 11 is 0. The number of fused-ring (bicyclic) bond motifs is 2. The second-order valence-corrected chi connectivity index (χ2v) is 5.39. The molecule has 108 valence electrons. The number of hydrogen-bond acceptors (Lipinski definition) is 3. The zero-order valence-electron chi connectivity index (χ0n) is 12.1. The molecule has 0 aliphatic carbocycles. The first kappa shape index (κ1) is 12.8. The van der Waals surface area contributed by atoms with Gasteiger partial charge in [-0.3, -0.25) is 9.78 Å². The Morgan fingerprint density at radius 2 is 2.09 bits per heavy atom. The molecule has 0 atom stereocenters. The molecule has 0 radical (unpaired) electrons. The van der Waals surface area contributed by atoms with Crippen molar-refractivity contribution in [2.45, 2.75) is 13.5 Å². The van der Waals surface area contributed by atoms with Crippen LogP contribution in [0.25, 0.3) is 16.6 Å². The van der Waals surface area contributed by atoms with E-state index in [0.29, 0.717) is 11.9 Å². The quantitative estimate of drug-likeness (QED) is 0.569. The van der Waals surface area contributed by atoms with Crippen LogP contribution in [-0.4, -0.2) is 18.9 Å². The van der Waals surface area contributed by atoms with E-state index in [2.05, 4.69) is 9.97 Å². The molecule has 0 spiro atoms. The predicted molar refractivity (Wildman–Crippen MR) is 85.0 cm³/mol. The average Bonchev–Trinajstić information content (AvgIpc) is 2.92. The monoisotopic (exact) mass is 290 g/mol. The Bertz CT molecular complexity index is 1050. The van der Waals surface area contributed by atoms with Crippen LogP contribution in [0.1, 0.15) is 11.3 Å². The van der Waals surface area contributed by atoms with Gasteiger partial charge in [-0.15, -0.1) is 0 Å². The summed E-state index contributed by atoms with van der Waals surface area (Å²) in [6.07, 6.45) is 7.40. The molecule has 0 fully saturated rings. The molecule has 0 N–H and O–H groups in total. The number of aryl methyl sites for hydroxylation is 1. The normalized spacial score (nSPS) is 11.3. The maximum atomic E-state index is 12.5. The van der Waals surface area contributed by atoms with Crippen LogP contribution in [0.2, 0.25) is 0 Å². The molecular formula is C17H14N4O. The number of hydrogen-bond donors (Lipinski definition) is 0. The third kappa shape index (κ3) is 2.07. The van der Waals surface area contributed by atoms with Gasteiger partial charge in [0.05, 0.1) is 23.1 Å². The molecule has 4 heterocycles. The van der Waals surface area contributed by atoms with E-state index in [-0.39, 0.29) is 5.56 Å². The third-order valence-corrected chi connectivity index (χ3v) is 3.74. The highest BCUT2D eigenvalue weighted by Crippen LogP contribution is 2.10. The van der Waals surface area contributed by atoms with Crippen molar-refractivity contribution in [1.29, 1.82) is 0 Å². The first-order valence-electron chi connectivity index (χ1n) is 7.09. The maximum Gasteiger partial charge on any atom is 0.260 e. The molecule has 5 heteroatoms. The van der Waals surface area contributed by atoms with Gasteiger partial charge in [-0.05, 0) is 42.8 Å². The molecular weight excluding hydrogens is 276 g/mol. The summed E-state index contributed by atoms with van der Waals surface area (Å²) in [5, 5.41) is 0.629. The topological polar surface area (TPSA) is 52.2 Å². The van der Waals surface area contributed by atoms with Crippen molar-refractivity contribution in [2.24, 2.45) is 0 Å². The first-order valence-corrected chi connectivity index (χ1v) is 7.09. The second kappa shape index (κ2) is 4.80. The molecule has 22 heavy (non-hydrogen) atoms. The Labute approximate surface area is 126 Å². The largest absolute Gasteiger partial charge is 0.309 e. The van der Waals surface area contributed by atoms with E-state index < -0.39 is 0 Å². The SMILES string of the molecule is Cc1ccn2cc(Cn3ccc4ncccc4c3=O)nc2c1. The van der Waals surface area contributed by atoms with Gasteiger partial charge in [0.15, 0.2) is 0 Å². The zero-order chi connectivity index (χ0) is 15.1. The Kier molecular flexibility index (Phi) is 2.79. The van der Waals surface area contributed by atoms with Crippen LogP contribution < -0.4 is 5.56 Å². The Hall–Kier alpha value is -2.95. The lowest BCUT2D eigenvalue weighted by Gasteiger charge is -2.04. The summed E-state index contributed by atoms with van der Waals surface area (Å²) < 4.78 is 3.63. The number of nitrogens with zero attached hydrogens (tertiary/aromatic N) is 4. The van der Waals surface area contributed by atoms with Gasteiger partial charge in [0.1, 0.15) is 5.65 Å². The molecule has 0 amide bonds. The second-order valence-electron chi connectivity index (χ2n) is 5.39. The van der Waals surface area contributed by atoms with Gasteiger partial charge in [-0.2, -0.15) is 0 Å². The highest BCUT2D eigenvalue weighted by Gasteiger charge is 2.06.